The summed E-state index contributed by atoms with van der Waals surface area (Å²) in [5, 5.41) is 18.9. The van der Waals surface area contributed by atoms with Crippen LogP contribution in [0.5, 0.6) is 5.75 Å². The molecule has 0 amide bonds. The van der Waals surface area contributed by atoms with Crippen molar-refractivity contribution in [1.82, 2.24) is 9.80 Å². The highest BCUT2D eigenvalue weighted by Crippen LogP contribution is 2.23. The maximum Gasteiger partial charge on any atom is 0.124 e. The van der Waals surface area contributed by atoms with Crippen LogP contribution in [0.1, 0.15) is 38.3 Å². The molecule has 1 aromatic rings. The Labute approximate surface area is 145 Å². The van der Waals surface area contributed by atoms with Crippen LogP contribution in [0.25, 0.3) is 0 Å². The van der Waals surface area contributed by atoms with Crippen molar-refractivity contribution >= 4 is 0 Å². The zero-order chi connectivity index (χ0) is 17.5. The normalized spacial score (nSPS) is 19.8. The maximum absolute atomic E-state index is 9.56. The van der Waals surface area contributed by atoms with E-state index in [1.165, 1.54) is 5.56 Å². The standard InChI is InChI=1S/C19H32N2O3/c1-4-24-19-6-5-16(11-17(19)14-23)12-20-8-9-21(15(2)3)18(13-20)7-10-22/h5-6,11,15,18,22-23H,4,7-10,12-14H2,1-3H3. The lowest BCUT2D eigenvalue weighted by atomic mass is 10.0. The van der Waals surface area contributed by atoms with E-state index < -0.39 is 0 Å². The third-order valence-electron chi connectivity index (χ3n) is 4.74. The molecule has 1 heterocycles. The molecular formula is C19H32N2O3. The molecule has 24 heavy (non-hydrogen) atoms. The van der Waals surface area contributed by atoms with E-state index in [-0.39, 0.29) is 13.2 Å². The molecule has 0 saturated carbocycles. The molecule has 5 nitrogen and oxygen atoms in total. The lowest BCUT2D eigenvalue weighted by Crippen LogP contribution is -2.55. The van der Waals surface area contributed by atoms with E-state index in [0.717, 1.165) is 43.9 Å². The van der Waals surface area contributed by atoms with Crippen LogP contribution in [0.2, 0.25) is 0 Å². The Morgan fingerprint density at radius 3 is 2.67 bits per heavy atom. The van der Waals surface area contributed by atoms with Gasteiger partial charge < -0.3 is 14.9 Å². The molecule has 1 saturated heterocycles. The molecule has 0 spiro atoms. The van der Waals surface area contributed by atoms with Crippen molar-refractivity contribution in [2.75, 3.05) is 32.8 Å². The van der Waals surface area contributed by atoms with Gasteiger partial charge in [-0.1, -0.05) is 6.07 Å². The second-order valence-corrected chi connectivity index (χ2v) is 6.77. The Hall–Kier alpha value is -1.14. The minimum atomic E-state index is -0.00254. The second-order valence-electron chi connectivity index (χ2n) is 6.77. The number of ether oxygens (including phenoxy) is 1. The van der Waals surface area contributed by atoms with Gasteiger partial charge in [-0.05, 0) is 44.9 Å². The third kappa shape index (κ3) is 4.93. The van der Waals surface area contributed by atoms with Crippen LogP contribution in [0.3, 0.4) is 0 Å². The SMILES string of the molecule is CCOc1ccc(CN2CCN(C(C)C)C(CCO)C2)cc1CO. The summed E-state index contributed by atoms with van der Waals surface area (Å²) >= 11 is 0. The van der Waals surface area contributed by atoms with Gasteiger partial charge in [0.05, 0.1) is 13.2 Å². The number of hydrogen-bond donors (Lipinski definition) is 2. The fourth-order valence-corrected chi connectivity index (χ4v) is 3.57. The van der Waals surface area contributed by atoms with E-state index in [4.69, 9.17) is 4.74 Å². The van der Waals surface area contributed by atoms with E-state index in [1.54, 1.807) is 0 Å². The first-order valence-electron chi connectivity index (χ1n) is 9.03. The summed E-state index contributed by atoms with van der Waals surface area (Å²) in [4.78, 5) is 4.93. The Bertz CT molecular complexity index is 507. The highest BCUT2D eigenvalue weighted by molar-refractivity contribution is 5.37. The highest BCUT2D eigenvalue weighted by atomic mass is 16.5. The smallest absolute Gasteiger partial charge is 0.124 e. The van der Waals surface area contributed by atoms with Gasteiger partial charge in [-0.3, -0.25) is 9.80 Å². The van der Waals surface area contributed by atoms with Crippen LogP contribution in [0.15, 0.2) is 18.2 Å². The first kappa shape index (κ1) is 19.2. The van der Waals surface area contributed by atoms with E-state index in [0.29, 0.717) is 18.7 Å². The van der Waals surface area contributed by atoms with Crippen molar-refractivity contribution < 1.29 is 14.9 Å². The number of benzene rings is 1. The third-order valence-corrected chi connectivity index (χ3v) is 4.74. The highest BCUT2D eigenvalue weighted by Gasteiger charge is 2.28. The molecule has 0 bridgehead atoms. The molecule has 0 radical (unpaired) electrons. The van der Waals surface area contributed by atoms with Crippen molar-refractivity contribution in [3.63, 3.8) is 0 Å². The summed E-state index contributed by atoms with van der Waals surface area (Å²) in [5.41, 5.74) is 2.05. The summed E-state index contributed by atoms with van der Waals surface area (Å²) in [7, 11) is 0. The predicted octanol–water partition coefficient (Wildman–Crippen LogP) is 1.85. The van der Waals surface area contributed by atoms with Crippen molar-refractivity contribution in [3.05, 3.63) is 29.3 Å². The molecule has 0 aromatic heterocycles. The average Bonchev–Trinajstić information content (AvgIpc) is 2.56. The van der Waals surface area contributed by atoms with E-state index in [2.05, 4.69) is 29.7 Å². The van der Waals surface area contributed by atoms with E-state index in [1.807, 2.05) is 19.1 Å². The molecular weight excluding hydrogens is 304 g/mol. The van der Waals surface area contributed by atoms with Gasteiger partial charge in [-0.15, -0.1) is 0 Å². The fourth-order valence-electron chi connectivity index (χ4n) is 3.57. The minimum Gasteiger partial charge on any atom is -0.494 e. The maximum atomic E-state index is 9.56. The number of aliphatic hydroxyl groups excluding tert-OH is 2. The van der Waals surface area contributed by atoms with Gasteiger partial charge in [0, 0.05) is 50.4 Å². The molecule has 1 aliphatic heterocycles. The van der Waals surface area contributed by atoms with Gasteiger partial charge in [-0.25, -0.2) is 0 Å². The van der Waals surface area contributed by atoms with Gasteiger partial charge in [-0.2, -0.15) is 0 Å². The Kier molecular flexibility index (Phi) is 7.49. The van der Waals surface area contributed by atoms with Crippen LogP contribution < -0.4 is 4.74 Å². The van der Waals surface area contributed by atoms with Gasteiger partial charge in [0.25, 0.3) is 0 Å². The predicted molar refractivity (Wildman–Crippen MR) is 96.1 cm³/mol. The lowest BCUT2D eigenvalue weighted by Gasteiger charge is -2.43. The number of rotatable bonds is 8. The molecule has 136 valence electrons. The Morgan fingerprint density at radius 1 is 1.25 bits per heavy atom. The number of aliphatic hydroxyl groups is 2. The molecule has 1 fully saturated rings. The van der Waals surface area contributed by atoms with Crippen molar-refractivity contribution in [2.45, 2.75) is 52.4 Å². The van der Waals surface area contributed by atoms with Crippen LogP contribution in [-0.2, 0) is 13.2 Å². The average molecular weight is 336 g/mol. The minimum absolute atomic E-state index is 0.00254. The summed E-state index contributed by atoms with van der Waals surface area (Å²) in [6, 6.07) is 7.00. The first-order chi connectivity index (χ1) is 11.6. The van der Waals surface area contributed by atoms with Gasteiger partial charge in [0.15, 0.2) is 0 Å². The van der Waals surface area contributed by atoms with Crippen LogP contribution in [-0.4, -0.2) is 64.9 Å². The largest absolute Gasteiger partial charge is 0.494 e. The number of nitrogens with zero attached hydrogens (tertiary/aromatic N) is 2. The summed E-state index contributed by atoms with van der Waals surface area (Å²) in [5.74, 6) is 0.770. The van der Waals surface area contributed by atoms with Crippen molar-refractivity contribution in [1.29, 1.82) is 0 Å². The summed E-state index contributed by atoms with van der Waals surface area (Å²) < 4.78 is 5.55. The van der Waals surface area contributed by atoms with Gasteiger partial charge in [0.1, 0.15) is 5.75 Å². The van der Waals surface area contributed by atoms with Crippen LogP contribution in [0.4, 0.5) is 0 Å². The Morgan fingerprint density at radius 2 is 2.04 bits per heavy atom. The quantitative estimate of drug-likeness (QED) is 0.759. The van der Waals surface area contributed by atoms with Crippen molar-refractivity contribution in [2.24, 2.45) is 0 Å². The van der Waals surface area contributed by atoms with Gasteiger partial charge >= 0.3 is 0 Å². The topological polar surface area (TPSA) is 56.2 Å². The Balaban J connectivity index is 2.03. The molecule has 1 atom stereocenters. The monoisotopic (exact) mass is 336 g/mol. The zero-order valence-corrected chi connectivity index (χ0v) is 15.2. The van der Waals surface area contributed by atoms with E-state index in [9.17, 15) is 10.2 Å². The number of piperazine rings is 1. The van der Waals surface area contributed by atoms with Crippen LogP contribution in [0, 0.1) is 0 Å². The summed E-state index contributed by atoms with van der Waals surface area (Å²) in [6.07, 6.45) is 0.819. The number of hydrogen-bond acceptors (Lipinski definition) is 5. The molecule has 1 unspecified atom stereocenters. The fraction of sp³-hybridized carbons (Fsp3) is 0.684. The lowest BCUT2D eigenvalue weighted by molar-refractivity contribution is 0.0349. The first-order valence-corrected chi connectivity index (χ1v) is 9.03. The molecule has 5 heteroatoms. The second kappa shape index (κ2) is 9.37. The van der Waals surface area contributed by atoms with Crippen LogP contribution >= 0.6 is 0 Å². The summed E-state index contributed by atoms with van der Waals surface area (Å²) in [6.45, 7) is 11.1. The molecule has 1 aromatic carbocycles. The molecule has 2 N–H and O–H groups in total. The van der Waals surface area contributed by atoms with Crippen molar-refractivity contribution in [3.8, 4) is 5.75 Å². The molecule has 2 rings (SSSR count). The van der Waals surface area contributed by atoms with E-state index >= 15 is 0 Å². The molecule has 1 aliphatic rings. The molecule has 0 aliphatic carbocycles. The van der Waals surface area contributed by atoms with Gasteiger partial charge in [0.2, 0.25) is 0 Å². The zero-order valence-electron chi connectivity index (χ0n) is 15.2.